The van der Waals surface area contributed by atoms with E-state index < -0.39 is 0 Å². The van der Waals surface area contributed by atoms with Crippen LogP contribution in [0, 0.1) is 41.5 Å². The lowest BCUT2D eigenvalue weighted by molar-refractivity contribution is 0.360. The monoisotopic (exact) mass is 328 g/mol. The van der Waals surface area contributed by atoms with Gasteiger partial charge < -0.3 is 4.65 Å². The molecular weight excluding hydrogens is 302 g/mol. The van der Waals surface area contributed by atoms with Crippen molar-refractivity contribution in [2.75, 3.05) is 12.5 Å². The molecule has 23 heavy (non-hydrogen) atoms. The van der Waals surface area contributed by atoms with E-state index in [1.807, 2.05) is 0 Å². The molecule has 1 nitrogen and oxygen atoms in total. The van der Waals surface area contributed by atoms with Gasteiger partial charge in [0.2, 0.25) is 0 Å². The van der Waals surface area contributed by atoms with Crippen LogP contribution in [0.1, 0.15) is 33.4 Å². The number of rotatable bonds is 5. The Morgan fingerprint density at radius 2 is 1.09 bits per heavy atom. The first-order valence-corrected chi connectivity index (χ1v) is 8.71. The number of hydrogen-bond donors (Lipinski definition) is 0. The summed E-state index contributed by atoms with van der Waals surface area (Å²) in [4.78, 5) is 0. The molecule has 0 heterocycles. The van der Waals surface area contributed by atoms with Gasteiger partial charge in [0.25, 0.3) is 0 Å². The maximum absolute atomic E-state index is 6.23. The third-order valence-electron chi connectivity index (χ3n) is 4.36. The molecule has 0 atom stereocenters. The first-order chi connectivity index (χ1) is 10.8. The molecule has 0 unspecified atom stereocenters. The average Bonchev–Trinajstić information content (AvgIpc) is 2.41. The molecule has 2 aromatic carbocycles. The summed E-state index contributed by atoms with van der Waals surface area (Å²) in [5, 5.41) is 0. The van der Waals surface area contributed by atoms with Gasteiger partial charge in [0, 0.05) is 12.5 Å². The highest BCUT2D eigenvalue weighted by Gasteiger charge is 2.28. The molecular formula is C20H26BClO. The van der Waals surface area contributed by atoms with E-state index >= 15 is 0 Å². The molecule has 0 fully saturated rings. The zero-order valence-electron chi connectivity index (χ0n) is 15.1. The Balaban J connectivity index is 2.64. The molecule has 0 saturated heterocycles. The van der Waals surface area contributed by atoms with Gasteiger partial charge in [-0.15, -0.1) is 11.6 Å². The van der Waals surface area contributed by atoms with E-state index in [-0.39, 0.29) is 6.92 Å². The Kier molecular flexibility index (Phi) is 5.94. The molecule has 0 aliphatic rings. The van der Waals surface area contributed by atoms with E-state index in [1.54, 1.807) is 0 Å². The van der Waals surface area contributed by atoms with Gasteiger partial charge in [0.15, 0.2) is 0 Å². The van der Waals surface area contributed by atoms with Crippen molar-refractivity contribution in [3.8, 4) is 0 Å². The standard InChI is InChI=1S/C20H26BClO/c1-13-9-15(3)19(16(4)10-13)21(23-8-7-22)20-17(5)11-14(2)12-18(20)6/h9-12H,7-8H2,1-6H3. The van der Waals surface area contributed by atoms with Crippen molar-refractivity contribution in [2.45, 2.75) is 41.5 Å². The summed E-state index contributed by atoms with van der Waals surface area (Å²) >= 11 is 5.91. The molecule has 0 aliphatic heterocycles. The van der Waals surface area contributed by atoms with Crippen LogP contribution in [0.4, 0.5) is 0 Å². The quantitative estimate of drug-likeness (QED) is 0.597. The molecule has 0 spiro atoms. The van der Waals surface area contributed by atoms with Crippen LogP contribution in [0.2, 0.25) is 0 Å². The molecule has 0 amide bonds. The third kappa shape index (κ3) is 3.99. The van der Waals surface area contributed by atoms with E-state index in [2.05, 4.69) is 65.8 Å². The van der Waals surface area contributed by atoms with Crippen LogP contribution in [0.3, 0.4) is 0 Å². The number of benzene rings is 2. The Morgan fingerprint density at radius 1 is 0.739 bits per heavy atom. The number of hydrogen-bond acceptors (Lipinski definition) is 1. The molecule has 122 valence electrons. The minimum absolute atomic E-state index is 0.0602. The van der Waals surface area contributed by atoms with Crippen molar-refractivity contribution in [1.82, 2.24) is 0 Å². The highest BCUT2D eigenvalue weighted by Crippen LogP contribution is 2.13. The topological polar surface area (TPSA) is 9.23 Å². The summed E-state index contributed by atoms with van der Waals surface area (Å²) in [6, 6.07) is 8.94. The molecule has 2 aromatic rings. The Bertz CT molecular complexity index is 605. The van der Waals surface area contributed by atoms with Crippen molar-refractivity contribution in [1.29, 1.82) is 0 Å². The second kappa shape index (κ2) is 7.55. The highest BCUT2D eigenvalue weighted by molar-refractivity contribution is 6.81. The number of aryl methyl sites for hydroxylation is 6. The number of halogens is 1. The van der Waals surface area contributed by atoms with Crippen molar-refractivity contribution in [2.24, 2.45) is 0 Å². The zero-order valence-corrected chi connectivity index (χ0v) is 15.8. The molecule has 3 heteroatoms. The third-order valence-corrected chi connectivity index (χ3v) is 4.52. The minimum Gasteiger partial charge on any atom is -0.426 e. The molecule has 0 saturated carbocycles. The van der Waals surface area contributed by atoms with Gasteiger partial charge in [-0.1, -0.05) is 57.6 Å². The van der Waals surface area contributed by atoms with Gasteiger partial charge in [-0.25, -0.2) is 0 Å². The Morgan fingerprint density at radius 3 is 1.39 bits per heavy atom. The Hall–Kier alpha value is -1.25. The van der Waals surface area contributed by atoms with Gasteiger partial charge in [-0.05, 0) is 52.5 Å². The van der Waals surface area contributed by atoms with Crippen LogP contribution in [0.15, 0.2) is 24.3 Å². The maximum atomic E-state index is 6.23. The molecule has 0 aromatic heterocycles. The molecule has 0 aliphatic carbocycles. The zero-order chi connectivity index (χ0) is 17.1. The fourth-order valence-electron chi connectivity index (χ4n) is 3.68. The van der Waals surface area contributed by atoms with Crippen molar-refractivity contribution in [3.63, 3.8) is 0 Å². The lowest BCUT2D eigenvalue weighted by atomic mass is 9.50. The van der Waals surface area contributed by atoms with Crippen LogP contribution < -0.4 is 10.9 Å². The largest absolute Gasteiger partial charge is 0.426 e. The lowest BCUT2D eigenvalue weighted by Crippen LogP contribution is -2.50. The van der Waals surface area contributed by atoms with E-state index in [4.69, 9.17) is 16.3 Å². The SMILES string of the molecule is Cc1cc(C)c(B(OCCCl)c2c(C)cc(C)cc2C)c(C)c1. The summed E-state index contributed by atoms with van der Waals surface area (Å²) in [5.74, 6) is 0.504. The van der Waals surface area contributed by atoms with Crippen molar-refractivity contribution in [3.05, 3.63) is 57.6 Å². The smallest absolute Gasteiger partial charge is 0.362 e. The van der Waals surface area contributed by atoms with E-state index in [0.717, 1.165) is 0 Å². The summed E-state index contributed by atoms with van der Waals surface area (Å²) in [5.41, 5.74) is 10.2. The van der Waals surface area contributed by atoms with Crippen LogP contribution >= 0.6 is 11.6 Å². The summed E-state index contributed by atoms with van der Waals surface area (Å²) in [7, 11) is 0. The first-order valence-electron chi connectivity index (χ1n) is 8.18. The summed E-state index contributed by atoms with van der Waals surface area (Å²) in [6.07, 6.45) is 0. The van der Waals surface area contributed by atoms with Gasteiger partial charge in [0.05, 0.1) is 0 Å². The van der Waals surface area contributed by atoms with E-state index in [9.17, 15) is 0 Å². The lowest BCUT2D eigenvalue weighted by Gasteiger charge is -2.23. The van der Waals surface area contributed by atoms with Crippen LogP contribution in [0.5, 0.6) is 0 Å². The predicted molar refractivity (Wildman–Crippen MR) is 103 cm³/mol. The average molecular weight is 329 g/mol. The van der Waals surface area contributed by atoms with Gasteiger partial charge in [-0.3, -0.25) is 0 Å². The second-order valence-electron chi connectivity index (χ2n) is 6.56. The number of alkyl halides is 1. The van der Waals surface area contributed by atoms with E-state index in [1.165, 1.54) is 44.3 Å². The molecule has 2 rings (SSSR count). The van der Waals surface area contributed by atoms with Gasteiger partial charge in [0.1, 0.15) is 0 Å². The van der Waals surface area contributed by atoms with Crippen molar-refractivity contribution < 1.29 is 4.65 Å². The molecule has 0 bridgehead atoms. The van der Waals surface area contributed by atoms with Crippen LogP contribution in [-0.4, -0.2) is 19.4 Å². The fourth-order valence-corrected chi connectivity index (χ4v) is 3.77. The highest BCUT2D eigenvalue weighted by atomic mass is 35.5. The normalized spacial score (nSPS) is 10.9. The van der Waals surface area contributed by atoms with Crippen molar-refractivity contribution >= 4 is 29.4 Å². The Labute approximate surface area is 146 Å². The molecule has 0 N–H and O–H groups in total. The summed E-state index contributed by atoms with van der Waals surface area (Å²) in [6.45, 7) is 13.5. The van der Waals surface area contributed by atoms with Gasteiger partial charge in [-0.2, -0.15) is 0 Å². The predicted octanol–water partition coefficient (Wildman–Crippen LogP) is 3.90. The summed E-state index contributed by atoms with van der Waals surface area (Å²) < 4.78 is 6.23. The molecule has 0 radical (unpaired) electrons. The second-order valence-corrected chi connectivity index (χ2v) is 6.94. The van der Waals surface area contributed by atoms with Crippen LogP contribution in [-0.2, 0) is 4.65 Å². The van der Waals surface area contributed by atoms with E-state index in [0.29, 0.717) is 12.5 Å². The maximum Gasteiger partial charge on any atom is 0.362 e. The fraction of sp³-hybridized carbons (Fsp3) is 0.400. The first kappa shape index (κ1) is 18.1. The van der Waals surface area contributed by atoms with Gasteiger partial charge >= 0.3 is 6.92 Å². The minimum atomic E-state index is -0.0602. The van der Waals surface area contributed by atoms with Crippen LogP contribution in [0.25, 0.3) is 0 Å².